The number of unbranched alkanes of at least 4 members (excludes halogenated alkanes) is 1. The monoisotopic (exact) mass is 635 g/mol. The molecule has 3 aromatic heterocycles. The summed E-state index contributed by atoms with van der Waals surface area (Å²) in [5.74, 6) is 0.0725. The topological polar surface area (TPSA) is 108 Å². The first-order valence-corrected chi connectivity index (χ1v) is 15.2. The normalized spacial score (nSPS) is 14.9. The number of rotatable bonds is 12. The summed E-state index contributed by atoms with van der Waals surface area (Å²) in [6.45, 7) is 3.90. The second-order valence-corrected chi connectivity index (χ2v) is 12.3. The molecule has 46 heavy (non-hydrogen) atoms. The Labute approximate surface area is 263 Å². The molecule has 0 aliphatic heterocycles. The van der Waals surface area contributed by atoms with Crippen molar-refractivity contribution in [1.29, 1.82) is 0 Å². The van der Waals surface area contributed by atoms with Gasteiger partial charge in [0.05, 0.1) is 28.8 Å². The van der Waals surface area contributed by atoms with Gasteiger partial charge in [-0.25, -0.2) is 0 Å². The van der Waals surface area contributed by atoms with Gasteiger partial charge in [-0.3, -0.25) is 14.5 Å². The molecule has 0 bridgehead atoms. The highest BCUT2D eigenvalue weighted by molar-refractivity contribution is 5.91. The van der Waals surface area contributed by atoms with Gasteiger partial charge >= 0.3 is 6.18 Å². The highest BCUT2D eigenvalue weighted by Gasteiger charge is 2.36. The van der Waals surface area contributed by atoms with Crippen LogP contribution in [0.25, 0.3) is 5.57 Å². The molecule has 3 heterocycles. The molecule has 0 spiro atoms. The third-order valence-corrected chi connectivity index (χ3v) is 8.37. The predicted molar refractivity (Wildman–Crippen MR) is 160 cm³/mol. The molecule has 9 nitrogen and oxygen atoms in total. The quantitative estimate of drug-likeness (QED) is 0.143. The smallest absolute Gasteiger partial charge is 0.346 e. The first-order chi connectivity index (χ1) is 22.0. The molecule has 4 aromatic rings. The van der Waals surface area contributed by atoms with E-state index < -0.39 is 17.3 Å². The fraction of sp³-hybridized carbons (Fsp3) is 0.394. The second kappa shape index (κ2) is 12.7. The van der Waals surface area contributed by atoms with Gasteiger partial charge in [0.25, 0.3) is 5.91 Å². The first kappa shape index (κ1) is 31.5. The molecule has 0 atom stereocenters. The zero-order valence-corrected chi connectivity index (χ0v) is 25.4. The van der Waals surface area contributed by atoms with Crippen molar-refractivity contribution in [3.8, 4) is 0 Å². The molecule has 2 aliphatic carbocycles. The van der Waals surface area contributed by atoms with E-state index in [2.05, 4.69) is 35.8 Å². The van der Waals surface area contributed by atoms with Crippen molar-refractivity contribution in [3.05, 3.63) is 105 Å². The highest BCUT2D eigenvalue weighted by atomic mass is 19.4. The molecule has 13 heteroatoms. The van der Waals surface area contributed by atoms with Gasteiger partial charge in [0, 0.05) is 31.3 Å². The van der Waals surface area contributed by atoms with Gasteiger partial charge in [-0.2, -0.15) is 28.3 Å². The lowest BCUT2D eigenvalue weighted by atomic mass is 9.95. The van der Waals surface area contributed by atoms with Crippen LogP contribution < -0.4 is 5.32 Å². The number of halogens is 4. The summed E-state index contributed by atoms with van der Waals surface area (Å²) in [6.07, 6.45) is 3.84. The van der Waals surface area contributed by atoms with Crippen molar-refractivity contribution < 1.29 is 27.4 Å². The molecular weight excluding hydrogens is 602 g/mol. The molecule has 1 saturated carbocycles. The summed E-state index contributed by atoms with van der Waals surface area (Å²) in [7, 11) is 0. The Hall–Kier alpha value is -4.52. The fourth-order valence-corrected chi connectivity index (χ4v) is 5.60. The van der Waals surface area contributed by atoms with Crippen molar-refractivity contribution in [2.75, 3.05) is 0 Å². The van der Waals surface area contributed by atoms with E-state index >= 15 is 0 Å². The van der Waals surface area contributed by atoms with Gasteiger partial charge < -0.3 is 5.32 Å². The molecule has 1 aromatic carbocycles. The maximum absolute atomic E-state index is 13.2. The predicted octanol–water partition coefficient (Wildman–Crippen LogP) is 6.34. The Balaban J connectivity index is 1.02. The van der Waals surface area contributed by atoms with Crippen LogP contribution in [0.15, 0.2) is 60.4 Å². The van der Waals surface area contributed by atoms with Gasteiger partial charge in [0.2, 0.25) is 0 Å². The number of fused-ring (bicyclic) bond motifs is 1. The van der Waals surface area contributed by atoms with Crippen molar-refractivity contribution >= 4 is 11.5 Å². The standard InChI is InChI=1S/C33H33F4N7O2/c1-32(2,46-37)29-13-6-20(17-38-29)18-39-31(45)28-19-44(43-42-28)14-4-3-5-24-15-26-27(41-40-24)16-25(21-7-8-21)30(26)22-9-11-23(12-10-22)33(34,35)36/h6,9-13,15,17,19,21H,3-5,7-8,14,16,18H2,1-2H3,(H,39,45). The van der Waals surface area contributed by atoms with E-state index in [4.69, 9.17) is 0 Å². The Kier molecular flexibility index (Phi) is 8.69. The SMILES string of the molecule is CC(C)(OF)c1ccc(CNC(=O)c2cn(CCCCc3cc4c(nn3)CC(C3CC3)=C4c3ccc(C(F)(F)F)cc3)nn2)cn1. The Bertz CT molecular complexity index is 1750. The number of nitrogens with one attached hydrogen (secondary N) is 1. The van der Waals surface area contributed by atoms with Crippen molar-refractivity contribution in [2.45, 2.75) is 77.2 Å². The number of allylic oxidation sites excluding steroid dienone is 1. The number of benzene rings is 1. The minimum Gasteiger partial charge on any atom is -0.346 e. The third-order valence-electron chi connectivity index (χ3n) is 8.37. The van der Waals surface area contributed by atoms with Crippen LogP contribution in [-0.2, 0) is 42.6 Å². The Morgan fingerprint density at radius 3 is 2.50 bits per heavy atom. The lowest BCUT2D eigenvalue weighted by molar-refractivity contribution is -0.229. The number of aryl methyl sites for hydroxylation is 2. The highest BCUT2D eigenvalue weighted by Crippen LogP contribution is 2.48. The number of carbonyl (C=O) groups excluding carboxylic acids is 1. The Morgan fingerprint density at radius 1 is 1.04 bits per heavy atom. The van der Waals surface area contributed by atoms with E-state index in [0.717, 1.165) is 71.5 Å². The van der Waals surface area contributed by atoms with E-state index in [9.17, 15) is 22.5 Å². The first-order valence-electron chi connectivity index (χ1n) is 15.2. The van der Waals surface area contributed by atoms with E-state index in [1.54, 1.807) is 55.2 Å². The van der Waals surface area contributed by atoms with Crippen molar-refractivity contribution in [2.24, 2.45) is 5.92 Å². The maximum atomic E-state index is 13.2. The largest absolute Gasteiger partial charge is 0.416 e. The number of pyridine rings is 1. The lowest BCUT2D eigenvalue weighted by Gasteiger charge is -2.18. The van der Waals surface area contributed by atoms with Crippen LogP contribution in [0.1, 0.15) is 89.4 Å². The molecule has 1 N–H and O–H groups in total. The van der Waals surface area contributed by atoms with Crippen LogP contribution in [-0.4, -0.2) is 36.1 Å². The zero-order chi connectivity index (χ0) is 32.5. The summed E-state index contributed by atoms with van der Waals surface area (Å²) in [5, 5.41) is 19.8. The fourth-order valence-electron chi connectivity index (χ4n) is 5.60. The summed E-state index contributed by atoms with van der Waals surface area (Å²) < 4.78 is 53.8. The summed E-state index contributed by atoms with van der Waals surface area (Å²) >= 11 is 0. The number of hydrogen-bond donors (Lipinski definition) is 1. The van der Waals surface area contributed by atoms with Crippen LogP contribution in [0.3, 0.4) is 0 Å². The van der Waals surface area contributed by atoms with E-state index in [1.807, 2.05) is 6.07 Å². The van der Waals surface area contributed by atoms with Crippen LogP contribution in [0, 0.1) is 5.92 Å². The molecule has 0 radical (unpaired) electrons. The van der Waals surface area contributed by atoms with Crippen LogP contribution in [0.5, 0.6) is 0 Å². The number of alkyl halides is 3. The average molecular weight is 636 g/mol. The minimum absolute atomic E-state index is 0.190. The van der Waals surface area contributed by atoms with E-state index in [-0.39, 0.29) is 18.1 Å². The number of amides is 1. The van der Waals surface area contributed by atoms with Gasteiger partial charge in [-0.1, -0.05) is 29.0 Å². The summed E-state index contributed by atoms with van der Waals surface area (Å²) in [5.41, 5.74) is 5.21. The van der Waals surface area contributed by atoms with Crippen LogP contribution >= 0.6 is 0 Å². The van der Waals surface area contributed by atoms with Crippen LogP contribution in [0.4, 0.5) is 17.7 Å². The van der Waals surface area contributed by atoms with Crippen LogP contribution in [0.2, 0.25) is 0 Å². The maximum Gasteiger partial charge on any atom is 0.416 e. The average Bonchev–Trinajstić information content (AvgIpc) is 3.66. The molecule has 1 amide bonds. The summed E-state index contributed by atoms with van der Waals surface area (Å²) in [4.78, 5) is 20.7. The Morgan fingerprint density at radius 2 is 1.83 bits per heavy atom. The molecule has 1 fully saturated rings. The second-order valence-electron chi connectivity index (χ2n) is 12.3. The molecule has 0 saturated heterocycles. The van der Waals surface area contributed by atoms with E-state index in [0.29, 0.717) is 31.0 Å². The number of aromatic nitrogens is 6. The zero-order valence-electron chi connectivity index (χ0n) is 25.4. The molecule has 240 valence electrons. The van der Waals surface area contributed by atoms with Crippen molar-refractivity contribution in [3.63, 3.8) is 0 Å². The molecule has 0 unspecified atom stereocenters. The number of carbonyl (C=O) groups is 1. The van der Waals surface area contributed by atoms with Crippen molar-refractivity contribution in [1.82, 2.24) is 35.5 Å². The van der Waals surface area contributed by atoms with Gasteiger partial charge in [0.15, 0.2) is 5.69 Å². The van der Waals surface area contributed by atoms with Gasteiger partial charge in [-0.05, 0) is 97.4 Å². The minimum atomic E-state index is -4.38. The molecule has 2 aliphatic rings. The van der Waals surface area contributed by atoms with Gasteiger partial charge in [-0.15, -0.1) is 5.10 Å². The number of hydrogen-bond acceptors (Lipinski definition) is 7. The third kappa shape index (κ3) is 6.99. The van der Waals surface area contributed by atoms with Gasteiger partial charge in [0.1, 0.15) is 5.60 Å². The summed E-state index contributed by atoms with van der Waals surface area (Å²) in [6, 6.07) is 10.8. The number of nitrogens with zero attached hydrogens (tertiary/aromatic N) is 6. The lowest BCUT2D eigenvalue weighted by Crippen LogP contribution is -2.24. The van der Waals surface area contributed by atoms with E-state index in [1.165, 1.54) is 5.57 Å². The molecular formula is C33H33F4N7O2. The molecule has 6 rings (SSSR count).